The Kier molecular flexibility index (Phi) is 3.24. The van der Waals surface area contributed by atoms with Gasteiger partial charge in [0, 0.05) is 24.8 Å². The molecule has 1 saturated heterocycles. The van der Waals surface area contributed by atoms with Crippen molar-refractivity contribution in [2.24, 2.45) is 0 Å². The van der Waals surface area contributed by atoms with Crippen LogP contribution in [-0.2, 0) is 0 Å². The van der Waals surface area contributed by atoms with E-state index in [1.165, 1.54) is 18.6 Å². The van der Waals surface area contributed by atoms with Crippen LogP contribution in [0.1, 0.15) is 24.8 Å². The predicted molar refractivity (Wildman–Crippen MR) is 63.9 cm³/mol. The molecule has 0 unspecified atom stereocenters. The minimum atomic E-state index is -0.494. The predicted octanol–water partition coefficient (Wildman–Crippen LogP) is 2.46. The fraction of sp³-hybridized carbons (Fsp3) is 0.417. The molecule has 5 nitrogen and oxygen atoms in total. The van der Waals surface area contributed by atoms with Gasteiger partial charge in [0.25, 0.3) is 5.69 Å². The summed E-state index contributed by atoms with van der Waals surface area (Å²) < 4.78 is 0. The van der Waals surface area contributed by atoms with E-state index in [2.05, 4.69) is 4.90 Å². The zero-order chi connectivity index (χ0) is 12.3. The van der Waals surface area contributed by atoms with Crippen molar-refractivity contribution in [2.75, 3.05) is 18.0 Å². The van der Waals surface area contributed by atoms with E-state index < -0.39 is 4.92 Å². The van der Waals surface area contributed by atoms with Crippen molar-refractivity contribution in [2.45, 2.75) is 19.3 Å². The highest BCUT2D eigenvalue weighted by Gasteiger charge is 2.18. The van der Waals surface area contributed by atoms with Gasteiger partial charge in [-0.3, -0.25) is 10.1 Å². The number of nitro benzene ring substituents is 1. The molecule has 0 spiro atoms. The number of anilines is 1. The van der Waals surface area contributed by atoms with Gasteiger partial charge in [-0.15, -0.1) is 0 Å². The van der Waals surface area contributed by atoms with Crippen LogP contribution in [0.2, 0.25) is 0 Å². The molecule has 1 aromatic carbocycles. The third-order valence-corrected chi connectivity index (χ3v) is 3.02. The van der Waals surface area contributed by atoms with Crippen LogP contribution in [-0.4, -0.2) is 18.0 Å². The second kappa shape index (κ2) is 4.83. The average Bonchev–Trinajstić information content (AvgIpc) is 2.39. The zero-order valence-corrected chi connectivity index (χ0v) is 9.43. The van der Waals surface area contributed by atoms with E-state index in [0.29, 0.717) is 0 Å². The minimum absolute atomic E-state index is 0.101. The van der Waals surface area contributed by atoms with Crippen molar-refractivity contribution >= 4 is 11.4 Å². The molecule has 1 heterocycles. The molecule has 0 atom stereocenters. The molecule has 1 aliphatic heterocycles. The van der Waals surface area contributed by atoms with Crippen LogP contribution in [0.5, 0.6) is 0 Å². The van der Waals surface area contributed by atoms with Gasteiger partial charge in [0.05, 0.1) is 4.92 Å². The van der Waals surface area contributed by atoms with E-state index >= 15 is 0 Å². The molecule has 17 heavy (non-hydrogen) atoms. The first-order chi connectivity index (χ1) is 8.22. The molecule has 0 saturated carbocycles. The average molecular weight is 231 g/mol. The van der Waals surface area contributed by atoms with Crippen LogP contribution < -0.4 is 4.90 Å². The largest absolute Gasteiger partial charge is 0.371 e. The van der Waals surface area contributed by atoms with Crippen molar-refractivity contribution in [1.29, 1.82) is 5.26 Å². The number of nitriles is 1. The smallest absolute Gasteiger partial charge is 0.289 e. The molecular weight excluding hydrogens is 218 g/mol. The fourth-order valence-corrected chi connectivity index (χ4v) is 2.11. The maximum absolute atomic E-state index is 10.9. The van der Waals surface area contributed by atoms with Crippen LogP contribution in [0.4, 0.5) is 11.4 Å². The zero-order valence-electron chi connectivity index (χ0n) is 9.43. The number of nitrogens with zero attached hydrogens (tertiary/aromatic N) is 3. The van der Waals surface area contributed by atoms with E-state index in [1.54, 1.807) is 6.07 Å². The van der Waals surface area contributed by atoms with Gasteiger partial charge < -0.3 is 4.90 Å². The lowest BCUT2D eigenvalue weighted by Crippen LogP contribution is -2.29. The highest BCUT2D eigenvalue weighted by molar-refractivity contribution is 5.60. The van der Waals surface area contributed by atoms with Gasteiger partial charge >= 0.3 is 0 Å². The minimum Gasteiger partial charge on any atom is -0.371 e. The molecule has 2 rings (SSSR count). The van der Waals surface area contributed by atoms with E-state index in [1.807, 2.05) is 6.07 Å². The summed E-state index contributed by atoms with van der Waals surface area (Å²) in [6.45, 7) is 1.87. The Morgan fingerprint density at radius 2 is 2.00 bits per heavy atom. The van der Waals surface area contributed by atoms with Gasteiger partial charge in [-0.25, -0.2) is 0 Å². The number of nitro groups is 1. The molecule has 1 aromatic rings. The van der Waals surface area contributed by atoms with Crippen molar-refractivity contribution in [1.82, 2.24) is 0 Å². The van der Waals surface area contributed by atoms with Gasteiger partial charge in [-0.2, -0.15) is 5.26 Å². The van der Waals surface area contributed by atoms with Crippen molar-refractivity contribution in [3.05, 3.63) is 33.9 Å². The maximum Gasteiger partial charge on any atom is 0.289 e. The Morgan fingerprint density at radius 3 is 2.59 bits per heavy atom. The molecule has 0 radical (unpaired) electrons. The molecule has 0 aromatic heterocycles. The highest BCUT2D eigenvalue weighted by Crippen LogP contribution is 2.27. The summed E-state index contributed by atoms with van der Waals surface area (Å²) in [6.07, 6.45) is 3.45. The normalized spacial score (nSPS) is 15.4. The third kappa shape index (κ3) is 2.36. The van der Waals surface area contributed by atoms with Gasteiger partial charge in [0.2, 0.25) is 0 Å². The second-order valence-electron chi connectivity index (χ2n) is 4.12. The Balaban J connectivity index is 2.33. The summed E-state index contributed by atoms with van der Waals surface area (Å²) in [4.78, 5) is 12.5. The molecule has 88 valence electrons. The number of benzene rings is 1. The Labute approximate surface area is 99.4 Å². The standard InChI is InChI=1S/C12H13N3O2/c13-9-10-4-5-11(8-12(10)15(16)17)14-6-2-1-3-7-14/h4-5,8H,1-3,6-7H2. The summed E-state index contributed by atoms with van der Waals surface area (Å²) in [5.41, 5.74) is 0.863. The van der Waals surface area contributed by atoms with Gasteiger partial charge in [-0.1, -0.05) is 0 Å². The fourth-order valence-electron chi connectivity index (χ4n) is 2.11. The van der Waals surface area contributed by atoms with Gasteiger partial charge in [0.1, 0.15) is 11.6 Å². The van der Waals surface area contributed by atoms with Crippen molar-refractivity contribution in [3.8, 4) is 6.07 Å². The lowest BCUT2D eigenvalue weighted by molar-refractivity contribution is -0.385. The number of hydrogen-bond acceptors (Lipinski definition) is 4. The number of rotatable bonds is 2. The molecular formula is C12H13N3O2. The topological polar surface area (TPSA) is 70.2 Å². The first-order valence-electron chi connectivity index (χ1n) is 5.66. The molecule has 0 bridgehead atoms. The lowest BCUT2D eigenvalue weighted by atomic mass is 10.1. The van der Waals surface area contributed by atoms with E-state index in [9.17, 15) is 10.1 Å². The Hall–Kier alpha value is -2.09. The Bertz CT molecular complexity index is 473. The van der Waals surface area contributed by atoms with Crippen LogP contribution in [0.3, 0.4) is 0 Å². The lowest BCUT2D eigenvalue weighted by Gasteiger charge is -2.28. The second-order valence-corrected chi connectivity index (χ2v) is 4.12. The quantitative estimate of drug-likeness (QED) is 0.579. The van der Waals surface area contributed by atoms with Gasteiger partial charge in [-0.05, 0) is 31.4 Å². The van der Waals surface area contributed by atoms with Gasteiger partial charge in [0.15, 0.2) is 0 Å². The molecule has 1 fully saturated rings. The number of hydrogen-bond donors (Lipinski definition) is 0. The summed E-state index contributed by atoms with van der Waals surface area (Å²) in [5.74, 6) is 0. The molecule has 5 heteroatoms. The molecule has 1 aliphatic rings. The van der Waals surface area contributed by atoms with Crippen LogP contribution in [0, 0.1) is 21.4 Å². The van der Waals surface area contributed by atoms with Crippen LogP contribution in [0.15, 0.2) is 18.2 Å². The summed E-state index contributed by atoms with van der Waals surface area (Å²) in [6, 6.07) is 6.67. The first kappa shape index (κ1) is 11.4. The van der Waals surface area contributed by atoms with E-state index in [4.69, 9.17) is 5.26 Å². The summed E-state index contributed by atoms with van der Waals surface area (Å²) in [7, 11) is 0. The SMILES string of the molecule is N#Cc1ccc(N2CCCCC2)cc1[N+](=O)[O-]. The first-order valence-corrected chi connectivity index (χ1v) is 5.66. The van der Waals surface area contributed by atoms with Crippen molar-refractivity contribution < 1.29 is 4.92 Å². The van der Waals surface area contributed by atoms with Crippen LogP contribution in [0.25, 0.3) is 0 Å². The number of piperidine rings is 1. The van der Waals surface area contributed by atoms with Crippen molar-refractivity contribution in [3.63, 3.8) is 0 Å². The third-order valence-electron chi connectivity index (χ3n) is 3.02. The molecule has 0 amide bonds. The molecule has 0 N–H and O–H groups in total. The van der Waals surface area contributed by atoms with E-state index in [0.717, 1.165) is 31.6 Å². The molecule has 0 aliphatic carbocycles. The maximum atomic E-state index is 10.9. The summed E-state index contributed by atoms with van der Waals surface area (Å²) in [5, 5.41) is 19.7. The summed E-state index contributed by atoms with van der Waals surface area (Å²) >= 11 is 0. The highest BCUT2D eigenvalue weighted by atomic mass is 16.6. The monoisotopic (exact) mass is 231 g/mol. The van der Waals surface area contributed by atoms with Crippen LogP contribution >= 0.6 is 0 Å². The Morgan fingerprint density at radius 1 is 1.29 bits per heavy atom. The van der Waals surface area contributed by atoms with E-state index in [-0.39, 0.29) is 11.3 Å².